The van der Waals surface area contributed by atoms with E-state index in [0.29, 0.717) is 23.2 Å². The second-order valence-corrected chi connectivity index (χ2v) is 6.75. The van der Waals surface area contributed by atoms with Gasteiger partial charge in [-0.2, -0.15) is 0 Å². The summed E-state index contributed by atoms with van der Waals surface area (Å²) in [5, 5.41) is 0. The van der Waals surface area contributed by atoms with Crippen molar-refractivity contribution in [2.24, 2.45) is 5.41 Å². The third kappa shape index (κ3) is 2.77. The van der Waals surface area contributed by atoms with Crippen molar-refractivity contribution in [3.63, 3.8) is 0 Å². The van der Waals surface area contributed by atoms with Crippen LogP contribution in [0.3, 0.4) is 0 Å². The van der Waals surface area contributed by atoms with E-state index in [1.54, 1.807) is 25.3 Å². The number of hydrogen-bond donors (Lipinski definition) is 0. The van der Waals surface area contributed by atoms with Gasteiger partial charge in [0.15, 0.2) is 0 Å². The molecular weight excluding hydrogens is 280 g/mol. The number of halogens is 2. The van der Waals surface area contributed by atoms with Gasteiger partial charge in [0.2, 0.25) is 0 Å². The molecule has 0 amide bonds. The minimum Gasteiger partial charge on any atom is -0.256 e. The molecule has 1 aliphatic carbocycles. The summed E-state index contributed by atoms with van der Waals surface area (Å²) < 4.78 is 29.4. The third-order valence-corrected chi connectivity index (χ3v) is 4.85. The molecule has 0 spiro atoms. The Kier molecular flexibility index (Phi) is 3.98. The largest absolute Gasteiger partial charge is 0.256 e. The third-order valence-electron chi connectivity index (χ3n) is 4.85. The molecular formula is C19H21F2N. The molecule has 0 bridgehead atoms. The Bertz CT molecular complexity index is 674. The quantitative estimate of drug-likeness (QED) is 0.733. The molecule has 116 valence electrons. The molecule has 0 saturated heterocycles. The van der Waals surface area contributed by atoms with E-state index in [0.717, 1.165) is 25.7 Å². The molecule has 1 heterocycles. The topological polar surface area (TPSA) is 12.9 Å². The zero-order valence-corrected chi connectivity index (χ0v) is 13.1. The minimum atomic E-state index is -0.440. The standard InChI is InChI=1S/C19H21F2N/c1-13-11-15(20)14(12-19(2)8-4-5-9-19)18(21)17(13)16-7-3-6-10-22-16/h3,6-7,10-11H,4-5,8-9,12H2,1-2H3. The van der Waals surface area contributed by atoms with Gasteiger partial charge < -0.3 is 0 Å². The van der Waals surface area contributed by atoms with Gasteiger partial charge >= 0.3 is 0 Å². The fourth-order valence-electron chi connectivity index (χ4n) is 3.60. The van der Waals surface area contributed by atoms with Crippen LogP contribution < -0.4 is 0 Å². The van der Waals surface area contributed by atoms with Crippen molar-refractivity contribution in [3.8, 4) is 11.3 Å². The Labute approximate surface area is 130 Å². The second-order valence-electron chi connectivity index (χ2n) is 6.75. The molecule has 0 unspecified atom stereocenters. The van der Waals surface area contributed by atoms with Gasteiger partial charge in [0.25, 0.3) is 0 Å². The molecule has 1 fully saturated rings. The lowest BCUT2D eigenvalue weighted by atomic mass is 9.81. The van der Waals surface area contributed by atoms with Crippen molar-refractivity contribution >= 4 is 0 Å². The van der Waals surface area contributed by atoms with E-state index in [9.17, 15) is 4.39 Å². The lowest BCUT2D eigenvalue weighted by Gasteiger charge is -2.25. The van der Waals surface area contributed by atoms with Crippen LogP contribution >= 0.6 is 0 Å². The van der Waals surface area contributed by atoms with Gasteiger partial charge in [0.05, 0.1) is 5.69 Å². The van der Waals surface area contributed by atoms with E-state index in [4.69, 9.17) is 0 Å². The lowest BCUT2D eigenvalue weighted by molar-refractivity contribution is 0.323. The van der Waals surface area contributed by atoms with Crippen molar-refractivity contribution in [1.82, 2.24) is 4.98 Å². The molecule has 1 saturated carbocycles. The van der Waals surface area contributed by atoms with Gasteiger partial charge in [0, 0.05) is 17.3 Å². The summed E-state index contributed by atoms with van der Waals surface area (Å²) in [7, 11) is 0. The summed E-state index contributed by atoms with van der Waals surface area (Å²) in [6.45, 7) is 3.87. The Morgan fingerprint density at radius 1 is 1.18 bits per heavy atom. The van der Waals surface area contributed by atoms with Crippen LogP contribution in [0, 0.1) is 24.0 Å². The van der Waals surface area contributed by atoms with E-state index in [1.165, 1.54) is 6.07 Å². The summed E-state index contributed by atoms with van der Waals surface area (Å²) in [5.41, 5.74) is 1.82. The highest BCUT2D eigenvalue weighted by Gasteiger charge is 2.32. The highest BCUT2D eigenvalue weighted by molar-refractivity contribution is 5.65. The zero-order chi connectivity index (χ0) is 15.7. The molecule has 0 aliphatic heterocycles. The molecule has 3 heteroatoms. The maximum atomic E-state index is 15.0. The Morgan fingerprint density at radius 3 is 2.55 bits per heavy atom. The molecule has 3 rings (SSSR count). The van der Waals surface area contributed by atoms with Crippen molar-refractivity contribution < 1.29 is 8.78 Å². The molecule has 0 N–H and O–H groups in total. The van der Waals surface area contributed by atoms with Gasteiger partial charge in [-0.25, -0.2) is 8.78 Å². The Hall–Kier alpha value is -1.77. The number of benzene rings is 1. The summed E-state index contributed by atoms with van der Waals surface area (Å²) in [5.74, 6) is -0.868. The van der Waals surface area contributed by atoms with Gasteiger partial charge in [-0.3, -0.25) is 4.98 Å². The molecule has 1 aliphatic rings. The van der Waals surface area contributed by atoms with Crippen LogP contribution in [0.4, 0.5) is 8.78 Å². The van der Waals surface area contributed by atoms with Gasteiger partial charge in [0.1, 0.15) is 11.6 Å². The maximum absolute atomic E-state index is 15.0. The lowest BCUT2D eigenvalue weighted by Crippen LogP contribution is -2.17. The minimum absolute atomic E-state index is 0.0122. The number of nitrogens with zero attached hydrogens (tertiary/aromatic N) is 1. The zero-order valence-electron chi connectivity index (χ0n) is 13.1. The fourth-order valence-corrected chi connectivity index (χ4v) is 3.60. The highest BCUT2D eigenvalue weighted by Crippen LogP contribution is 2.42. The molecule has 2 aromatic rings. The van der Waals surface area contributed by atoms with E-state index < -0.39 is 11.6 Å². The number of aryl methyl sites for hydroxylation is 1. The first kappa shape index (κ1) is 15.1. The average Bonchev–Trinajstić information content (AvgIpc) is 2.91. The van der Waals surface area contributed by atoms with Crippen LogP contribution in [-0.2, 0) is 6.42 Å². The number of aromatic nitrogens is 1. The highest BCUT2D eigenvalue weighted by atomic mass is 19.1. The smallest absolute Gasteiger partial charge is 0.138 e. The number of rotatable bonds is 3. The SMILES string of the molecule is Cc1cc(F)c(CC2(C)CCCC2)c(F)c1-c1ccccn1. The summed E-state index contributed by atoms with van der Waals surface area (Å²) >= 11 is 0. The van der Waals surface area contributed by atoms with Crippen molar-refractivity contribution in [2.45, 2.75) is 46.0 Å². The van der Waals surface area contributed by atoms with E-state index >= 15 is 4.39 Å². The van der Waals surface area contributed by atoms with E-state index in [1.807, 2.05) is 6.07 Å². The van der Waals surface area contributed by atoms with Crippen molar-refractivity contribution in [1.29, 1.82) is 0 Å². The fraction of sp³-hybridized carbons (Fsp3) is 0.421. The first-order chi connectivity index (χ1) is 10.5. The molecule has 1 aromatic carbocycles. The first-order valence-electron chi connectivity index (χ1n) is 7.89. The van der Waals surface area contributed by atoms with Gasteiger partial charge in [-0.05, 0) is 55.4 Å². The predicted octanol–water partition coefficient (Wildman–Crippen LogP) is 5.46. The van der Waals surface area contributed by atoms with Gasteiger partial charge in [-0.15, -0.1) is 0 Å². The van der Waals surface area contributed by atoms with E-state index in [-0.39, 0.29) is 11.0 Å². The molecule has 1 nitrogen and oxygen atoms in total. The van der Waals surface area contributed by atoms with Crippen LogP contribution in [0.15, 0.2) is 30.5 Å². The molecule has 1 aromatic heterocycles. The van der Waals surface area contributed by atoms with Crippen LogP contribution in [0.25, 0.3) is 11.3 Å². The predicted molar refractivity (Wildman–Crippen MR) is 84.6 cm³/mol. The normalized spacial score (nSPS) is 16.9. The Balaban J connectivity index is 2.07. The maximum Gasteiger partial charge on any atom is 0.138 e. The molecule has 0 radical (unpaired) electrons. The molecule has 0 atom stereocenters. The van der Waals surface area contributed by atoms with Crippen LogP contribution in [0.5, 0.6) is 0 Å². The monoisotopic (exact) mass is 301 g/mol. The van der Waals surface area contributed by atoms with Crippen molar-refractivity contribution in [3.05, 3.63) is 53.2 Å². The summed E-state index contributed by atoms with van der Waals surface area (Å²) in [4.78, 5) is 4.23. The molecule has 22 heavy (non-hydrogen) atoms. The number of hydrogen-bond acceptors (Lipinski definition) is 1. The second kappa shape index (κ2) is 5.79. The first-order valence-corrected chi connectivity index (χ1v) is 7.89. The van der Waals surface area contributed by atoms with Crippen LogP contribution in [0.1, 0.15) is 43.7 Å². The van der Waals surface area contributed by atoms with E-state index in [2.05, 4.69) is 11.9 Å². The van der Waals surface area contributed by atoms with Crippen LogP contribution in [-0.4, -0.2) is 4.98 Å². The summed E-state index contributed by atoms with van der Waals surface area (Å²) in [6, 6.07) is 6.83. The Morgan fingerprint density at radius 2 is 1.91 bits per heavy atom. The summed E-state index contributed by atoms with van der Waals surface area (Å²) in [6.07, 6.45) is 6.48. The van der Waals surface area contributed by atoms with Crippen LogP contribution in [0.2, 0.25) is 0 Å². The average molecular weight is 301 g/mol. The number of pyridine rings is 1. The van der Waals surface area contributed by atoms with Gasteiger partial charge in [-0.1, -0.05) is 25.8 Å². The van der Waals surface area contributed by atoms with Crippen molar-refractivity contribution in [2.75, 3.05) is 0 Å².